The number of fused-ring (bicyclic) bond motifs is 1. The highest BCUT2D eigenvalue weighted by atomic mass is 16.5. The third-order valence-corrected chi connectivity index (χ3v) is 7.41. The first kappa shape index (κ1) is 26.7. The molecular formula is C31H36N2O4. The molecule has 194 valence electrons. The van der Waals surface area contributed by atoms with Crippen molar-refractivity contribution in [1.82, 2.24) is 9.88 Å². The summed E-state index contributed by atoms with van der Waals surface area (Å²) in [5.74, 6) is 7.18. The number of pyridine rings is 1. The highest BCUT2D eigenvalue weighted by Crippen LogP contribution is 2.35. The van der Waals surface area contributed by atoms with E-state index in [0.29, 0.717) is 25.3 Å². The number of benzene rings is 2. The van der Waals surface area contributed by atoms with Crippen LogP contribution in [0.3, 0.4) is 0 Å². The number of methoxy groups -OCH3 is 1. The van der Waals surface area contributed by atoms with Crippen molar-refractivity contribution in [1.29, 1.82) is 0 Å². The molecule has 0 unspecified atom stereocenters. The SMILES string of the molecule is COc1ccc2nccc([C@H](O)CC[C@@H]3CCN(CC#Cc4cccc(C)c4)C[C@H]3CCC(=O)O)c2c1. The average molecular weight is 501 g/mol. The van der Waals surface area contributed by atoms with Gasteiger partial charge in [-0.1, -0.05) is 24.0 Å². The molecule has 2 N–H and O–H groups in total. The van der Waals surface area contributed by atoms with Crippen LogP contribution in [0.2, 0.25) is 0 Å². The zero-order valence-electron chi connectivity index (χ0n) is 21.7. The van der Waals surface area contributed by atoms with Crippen molar-refractivity contribution in [2.75, 3.05) is 26.7 Å². The summed E-state index contributed by atoms with van der Waals surface area (Å²) in [5.41, 5.74) is 3.90. The molecule has 0 radical (unpaired) electrons. The van der Waals surface area contributed by atoms with Crippen LogP contribution in [-0.2, 0) is 4.79 Å². The van der Waals surface area contributed by atoms with Crippen molar-refractivity contribution in [2.45, 2.75) is 45.1 Å². The fourth-order valence-corrected chi connectivity index (χ4v) is 5.38. The lowest BCUT2D eigenvalue weighted by Gasteiger charge is -2.38. The Morgan fingerprint density at radius 2 is 2.05 bits per heavy atom. The maximum Gasteiger partial charge on any atom is 0.303 e. The monoisotopic (exact) mass is 500 g/mol. The molecule has 0 amide bonds. The van der Waals surface area contributed by atoms with E-state index in [4.69, 9.17) is 4.74 Å². The summed E-state index contributed by atoms with van der Waals surface area (Å²) in [6.45, 7) is 4.51. The molecule has 6 nitrogen and oxygen atoms in total. The van der Waals surface area contributed by atoms with E-state index in [1.165, 1.54) is 5.56 Å². The first-order valence-corrected chi connectivity index (χ1v) is 13.0. The summed E-state index contributed by atoms with van der Waals surface area (Å²) < 4.78 is 5.37. The van der Waals surface area contributed by atoms with E-state index in [2.05, 4.69) is 40.8 Å². The fourth-order valence-electron chi connectivity index (χ4n) is 5.38. The summed E-state index contributed by atoms with van der Waals surface area (Å²) in [7, 11) is 1.63. The van der Waals surface area contributed by atoms with Crippen molar-refractivity contribution in [3.8, 4) is 17.6 Å². The third-order valence-electron chi connectivity index (χ3n) is 7.41. The molecule has 1 aliphatic heterocycles. The predicted molar refractivity (Wildman–Crippen MR) is 145 cm³/mol. The normalized spacial score (nSPS) is 18.7. The Balaban J connectivity index is 1.39. The molecule has 4 rings (SSSR count). The Kier molecular flexibility index (Phi) is 9.16. The average Bonchev–Trinajstić information content (AvgIpc) is 2.90. The molecule has 37 heavy (non-hydrogen) atoms. The second-order valence-electron chi connectivity index (χ2n) is 10.0. The molecule has 0 aliphatic carbocycles. The van der Waals surface area contributed by atoms with Crippen molar-refractivity contribution < 1.29 is 19.7 Å². The van der Waals surface area contributed by atoms with Crippen LogP contribution in [0, 0.1) is 30.6 Å². The van der Waals surface area contributed by atoms with E-state index < -0.39 is 12.1 Å². The van der Waals surface area contributed by atoms with Crippen molar-refractivity contribution in [3.63, 3.8) is 0 Å². The number of piperidine rings is 1. The van der Waals surface area contributed by atoms with Crippen LogP contribution in [0.25, 0.3) is 10.9 Å². The molecule has 1 fully saturated rings. The Bertz CT molecular complexity index is 1280. The van der Waals surface area contributed by atoms with Crippen LogP contribution >= 0.6 is 0 Å². The summed E-state index contributed by atoms with van der Waals surface area (Å²) in [5, 5.41) is 21.3. The fraction of sp³-hybridized carbons (Fsp3) is 0.419. The highest BCUT2D eigenvalue weighted by Gasteiger charge is 2.30. The number of aliphatic carboxylic acids is 1. The first-order chi connectivity index (χ1) is 17.9. The second-order valence-corrected chi connectivity index (χ2v) is 10.0. The molecule has 2 heterocycles. The number of ether oxygens (including phenoxy) is 1. The molecular weight excluding hydrogens is 464 g/mol. The zero-order chi connectivity index (χ0) is 26.2. The molecule has 0 saturated carbocycles. The minimum atomic E-state index is -0.757. The highest BCUT2D eigenvalue weighted by molar-refractivity contribution is 5.83. The number of rotatable bonds is 9. The van der Waals surface area contributed by atoms with Crippen molar-refractivity contribution in [2.24, 2.45) is 11.8 Å². The Labute approximate surface area is 219 Å². The van der Waals surface area contributed by atoms with Gasteiger partial charge in [0, 0.05) is 30.1 Å². The van der Waals surface area contributed by atoms with E-state index in [1.807, 2.05) is 36.4 Å². The quantitative estimate of drug-likeness (QED) is 0.392. The first-order valence-electron chi connectivity index (χ1n) is 13.0. The van der Waals surface area contributed by atoms with Crippen molar-refractivity contribution in [3.05, 3.63) is 71.4 Å². The molecule has 2 aromatic carbocycles. The van der Waals surface area contributed by atoms with E-state index in [1.54, 1.807) is 13.3 Å². The Morgan fingerprint density at radius 3 is 2.84 bits per heavy atom. The smallest absolute Gasteiger partial charge is 0.303 e. The predicted octanol–water partition coefficient (Wildman–Crippen LogP) is 5.22. The van der Waals surface area contributed by atoms with Crippen LogP contribution in [0.1, 0.15) is 54.9 Å². The number of aliphatic hydroxyl groups excluding tert-OH is 1. The van der Waals surface area contributed by atoms with E-state index in [0.717, 1.165) is 53.7 Å². The van der Waals surface area contributed by atoms with Crippen LogP contribution in [0.5, 0.6) is 5.75 Å². The molecule has 3 aromatic rings. The summed E-state index contributed by atoms with van der Waals surface area (Å²) >= 11 is 0. The van der Waals surface area contributed by atoms with Gasteiger partial charge in [-0.25, -0.2) is 0 Å². The minimum absolute atomic E-state index is 0.168. The zero-order valence-corrected chi connectivity index (χ0v) is 21.7. The van der Waals surface area contributed by atoms with E-state index in [9.17, 15) is 15.0 Å². The van der Waals surface area contributed by atoms with Gasteiger partial charge in [-0.15, -0.1) is 0 Å². The van der Waals surface area contributed by atoms with Gasteiger partial charge in [0.15, 0.2) is 0 Å². The van der Waals surface area contributed by atoms with Gasteiger partial charge >= 0.3 is 5.97 Å². The van der Waals surface area contributed by atoms with Gasteiger partial charge in [0.25, 0.3) is 0 Å². The number of likely N-dealkylation sites (tertiary alicyclic amines) is 1. The third kappa shape index (κ3) is 7.31. The van der Waals surface area contributed by atoms with Gasteiger partial charge in [0.05, 0.1) is 25.3 Å². The lowest BCUT2D eigenvalue weighted by atomic mass is 9.79. The Morgan fingerprint density at radius 1 is 1.19 bits per heavy atom. The topological polar surface area (TPSA) is 82.9 Å². The number of nitrogens with zero attached hydrogens (tertiary/aromatic N) is 2. The van der Waals surface area contributed by atoms with Gasteiger partial charge in [-0.3, -0.25) is 14.7 Å². The summed E-state index contributed by atoms with van der Waals surface area (Å²) in [6.07, 6.45) is 4.39. The molecule has 6 heteroatoms. The largest absolute Gasteiger partial charge is 0.497 e. The number of carboxylic acid groups (broad SMARTS) is 1. The second kappa shape index (κ2) is 12.7. The van der Waals surface area contributed by atoms with Gasteiger partial charge < -0.3 is 14.9 Å². The van der Waals surface area contributed by atoms with E-state index >= 15 is 0 Å². The standard InChI is InChI=1S/C31H36N2O4/c1-22-5-3-6-23(19-22)7-4-17-33-18-15-24(25(21-33)9-13-31(35)36)8-12-30(34)27-14-16-32-29-11-10-26(37-2)20-28(27)29/h3,5-6,10-11,14,16,19-20,24-25,30,34H,8-9,12-13,15,17-18,21H2,1-2H3,(H,35,36)/t24-,25-,30-/m1/s1. The lowest BCUT2D eigenvalue weighted by Crippen LogP contribution is -2.41. The number of hydrogen-bond acceptors (Lipinski definition) is 5. The molecule has 0 spiro atoms. The number of aliphatic hydroxyl groups is 1. The van der Waals surface area contributed by atoms with Crippen LogP contribution in [0.4, 0.5) is 0 Å². The van der Waals surface area contributed by atoms with Crippen LogP contribution < -0.4 is 4.74 Å². The van der Waals surface area contributed by atoms with Crippen molar-refractivity contribution >= 4 is 16.9 Å². The minimum Gasteiger partial charge on any atom is -0.497 e. The number of aryl methyl sites for hydroxylation is 1. The Hall–Kier alpha value is -3.40. The molecule has 3 atom stereocenters. The molecule has 1 aliphatic rings. The van der Waals surface area contributed by atoms with E-state index in [-0.39, 0.29) is 12.3 Å². The van der Waals surface area contributed by atoms with Crippen LogP contribution in [0.15, 0.2) is 54.7 Å². The number of carbonyl (C=O) groups is 1. The number of carboxylic acids is 1. The number of aromatic nitrogens is 1. The van der Waals surface area contributed by atoms with Gasteiger partial charge in [-0.2, -0.15) is 0 Å². The van der Waals surface area contributed by atoms with Gasteiger partial charge in [0.1, 0.15) is 5.75 Å². The lowest BCUT2D eigenvalue weighted by molar-refractivity contribution is -0.137. The maximum atomic E-state index is 11.3. The van der Waals surface area contributed by atoms with Gasteiger partial charge in [-0.05, 0) is 98.5 Å². The molecule has 0 bridgehead atoms. The molecule has 1 aromatic heterocycles. The summed E-state index contributed by atoms with van der Waals surface area (Å²) in [6, 6.07) is 15.8. The van der Waals surface area contributed by atoms with Crippen LogP contribution in [-0.4, -0.2) is 52.8 Å². The number of hydrogen-bond donors (Lipinski definition) is 2. The van der Waals surface area contributed by atoms with Gasteiger partial charge in [0.2, 0.25) is 0 Å². The molecule has 1 saturated heterocycles. The maximum absolute atomic E-state index is 11.3. The summed E-state index contributed by atoms with van der Waals surface area (Å²) in [4.78, 5) is 18.1.